The zero-order chi connectivity index (χ0) is 31.0. The number of benzene rings is 4. The number of hydrogen-bond acceptors (Lipinski definition) is 6. The molecule has 0 aliphatic carbocycles. The Kier molecular flexibility index (Phi) is 6.71. The molecule has 1 spiro atoms. The predicted octanol–water partition coefficient (Wildman–Crippen LogP) is 5.87. The lowest BCUT2D eigenvalue weighted by molar-refractivity contribution is -0.146. The summed E-state index contributed by atoms with van der Waals surface area (Å²) in [6, 6.07) is 25.1. The van der Waals surface area contributed by atoms with Crippen molar-refractivity contribution < 1.29 is 29.0 Å². The highest BCUT2D eigenvalue weighted by Crippen LogP contribution is 2.60. The molecule has 1 fully saturated rings. The first-order chi connectivity index (χ1) is 21.1. The number of carbonyl (C=O) groups is 2. The highest BCUT2D eigenvalue weighted by Gasteiger charge is 2.66. The number of rotatable bonds is 7. The van der Waals surface area contributed by atoms with Gasteiger partial charge in [0.1, 0.15) is 5.75 Å². The van der Waals surface area contributed by atoms with Crippen LogP contribution in [0.15, 0.2) is 78.9 Å². The molecule has 44 heavy (non-hydrogen) atoms. The molecule has 3 aliphatic rings. The van der Waals surface area contributed by atoms with Crippen molar-refractivity contribution in [2.24, 2.45) is 5.92 Å². The Morgan fingerprint density at radius 2 is 1.73 bits per heavy atom. The number of anilines is 3. The van der Waals surface area contributed by atoms with Crippen LogP contribution in [0.25, 0.3) is 10.8 Å². The van der Waals surface area contributed by atoms with Crippen LogP contribution in [-0.2, 0) is 21.7 Å². The maximum atomic E-state index is 14.7. The van der Waals surface area contributed by atoms with Gasteiger partial charge in [0, 0.05) is 34.7 Å². The van der Waals surface area contributed by atoms with Gasteiger partial charge in [-0.1, -0.05) is 43.3 Å². The molecule has 1 saturated heterocycles. The van der Waals surface area contributed by atoms with Gasteiger partial charge in [0.05, 0.1) is 36.7 Å². The minimum absolute atomic E-state index is 0.0764. The molecule has 4 aromatic rings. The zero-order valence-electron chi connectivity index (χ0n) is 25.3. The van der Waals surface area contributed by atoms with Gasteiger partial charge in [-0.05, 0) is 72.9 Å². The molecular formula is C35H36N2O6Si. The van der Waals surface area contributed by atoms with Crippen molar-refractivity contribution in [3.05, 3.63) is 95.6 Å². The van der Waals surface area contributed by atoms with Crippen molar-refractivity contribution in [2.75, 3.05) is 23.5 Å². The summed E-state index contributed by atoms with van der Waals surface area (Å²) in [5.74, 6) is 0.00503. The van der Waals surface area contributed by atoms with Gasteiger partial charge >= 0.3 is 0 Å². The van der Waals surface area contributed by atoms with Gasteiger partial charge in [-0.3, -0.25) is 14.5 Å². The highest BCUT2D eigenvalue weighted by atomic mass is 28.4. The second kappa shape index (κ2) is 10.3. The fourth-order valence-electron chi connectivity index (χ4n) is 7.89. The first-order valence-electron chi connectivity index (χ1n) is 15.1. The third-order valence-corrected chi connectivity index (χ3v) is 12.2. The van der Waals surface area contributed by atoms with Crippen molar-refractivity contribution in [1.82, 2.24) is 0 Å². The van der Waals surface area contributed by atoms with Crippen LogP contribution in [-0.4, -0.2) is 49.9 Å². The molecule has 4 atom stereocenters. The molecule has 2 N–H and O–H groups in total. The smallest absolute Gasteiger partial charge is 0.264 e. The summed E-state index contributed by atoms with van der Waals surface area (Å²) in [7, 11) is -1.21. The van der Waals surface area contributed by atoms with Gasteiger partial charge in [0.15, 0.2) is 13.9 Å². The molecule has 9 heteroatoms. The van der Waals surface area contributed by atoms with Gasteiger partial charge in [-0.15, -0.1) is 0 Å². The number of amides is 2. The second-order valence-corrected chi connectivity index (χ2v) is 16.6. The number of ether oxygens (including phenoxy) is 2. The molecule has 2 amide bonds. The summed E-state index contributed by atoms with van der Waals surface area (Å²) in [6.45, 7) is 5.88. The van der Waals surface area contributed by atoms with Crippen LogP contribution < -0.4 is 14.5 Å². The van der Waals surface area contributed by atoms with Gasteiger partial charge in [0.25, 0.3) is 11.8 Å². The van der Waals surface area contributed by atoms with Crippen LogP contribution in [0.2, 0.25) is 18.6 Å². The molecule has 3 aliphatic heterocycles. The molecule has 7 rings (SSSR count). The van der Waals surface area contributed by atoms with Gasteiger partial charge in [0.2, 0.25) is 0 Å². The molecule has 0 saturated carbocycles. The first-order valence-corrected chi connectivity index (χ1v) is 18.1. The third kappa shape index (κ3) is 4.07. The van der Waals surface area contributed by atoms with Crippen molar-refractivity contribution >= 4 is 48.0 Å². The molecule has 3 heterocycles. The summed E-state index contributed by atoms with van der Waals surface area (Å²) in [5, 5.41) is 11.8. The normalized spacial score (nSPS) is 24.2. The fraction of sp³-hybridized carbons (Fsp3) is 0.314. The Balaban J connectivity index is 1.28. The minimum atomic E-state index is -2.80. The van der Waals surface area contributed by atoms with E-state index in [-0.39, 0.29) is 36.4 Å². The van der Waals surface area contributed by atoms with Gasteiger partial charge in [-0.2, -0.15) is 0 Å². The summed E-state index contributed by atoms with van der Waals surface area (Å²) in [4.78, 5) is 43.1. The van der Waals surface area contributed by atoms with E-state index in [4.69, 9.17) is 9.47 Å². The van der Waals surface area contributed by atoms with Crippen LogP contribution >= 0.6 is 0 Å². The standard InChI is InChI=1S/C35H36N2O6Si/c1-21-32(44(3,4)41)30(16-17-38)43-35(21)27-19-25(42-2)14-15-28(27)36(34(35)40)20-22-8-5-11-24(18-22)37-29-13-7-10-23-9-6-12-26(31(23)29)33(37)39/h5-15,18-19,21,30,32,38,41H,16-17,20H2,1-4H3/t21-,30+,32-,35+/m1/s1. The van der Waals surface area contributed by atoms with E-state index in [0.717, 1.165) is 33.4 Å². The third-order valence-electron chi connectivity index (χ3n) is 9.67. The van der Waals surface area contributed by atoms with E-state index in [1.54, 1.807) is 16.9 Å². The quantitative estimate of drug-likeness (QED) is 0.255. The lowest BCUT2D eigenvalue weighted by Gasteiger charge is -2.32. The van der Waals surface area contributed by atoms with E-state index in [2.05, 4.69) is 0 Å². The van der Waals surface area contributed by atoms with Crippen LogP contribution in [0.3, 0.4) is 0 Å². The van der Waals surface area contributed by atoms with Crippen LogP contribution in [0.1, 0.15) is 34.8 Å². The Hall–Kier alpha value is -4.02. The van der Waals surface area contributed by atoms with Crippen LogP contribution in [0, 0.1) is 5.92 Å². The van der Waals surface area contributed by atoms with E-state index in [1.807, 2.05) is 98.9 Å². The summed E-state index contributed by atoms with van der Waals surface area (Å²) in [5.41, 5.74) is 2.98. The van der Waals surface area contributed by atoms with Crippen molar-refractivity contribution in [1.29, 1.82) is 0 Å². The maximum Gasteiger partial charge on any atom is 0.264 e. The van der Waals surface area contributed by atoms with Crippen molar-refractivity contribution in [2.45, 2.75) is 50.2 Å². The highest BCUT2D eigenvalue weighted by molar-refractivity contribution is 6.71. The molecular weight excluding hydrogens is 572 g/mol. The minimum Gasteiger partial charge on any atom is -0.497 e. The second-order valence-electron chi connectivity index (χ2n) is 12.6. The van der Waals surface area contributed by atoms with Crippen LogP contribution in [0.4, 0.5) is 17.1 Å². The van der Waals surface area contributed by atoms with E-state index in [1.165, 1.54) is 0 Å². The van der Waals surface area contributed by atoms with Crippen molar-refractivity contribution in [3.8, 4) is 5.75 Å². The number of fused-ring (bicyclic) bond motifs is 2. The molecule has 226 valence electrons. The molecule has 0 unspecified atom stereocenters. The topological polar surface area (TPSA) is 99.5 Å². The largest absolute Gasteiger partial charge is 0.497 e. The number of carbonyl (C=O) groups excluding carboxylic acids is 2. The van der Waals surface area contributed by atoms with E-state index >= 15 is 0 Å². The van der Waals surface area contributed by atoms with E-state index in [0.29, 0.717) is 23.3 Å². The fourth-order valence-corrected chi connectivity index (χ4v) is 10.5. The number of hydrogen-bond donors (Lipinski definition) is 2. The Morgan fingerprint density at radius 3 is 2.45 bits per heavy atom. The molecule has 0 aromatic heterocycles. The van der Waals surface area contributed by atoms with E-state index < -0.39 is 20.0 Å². The van der Waals surface area contributed by atoms with E-state index in [9.17, 15) is 19.5 Å². The monoisotopic (exact) mass is 608 g/mol. The Morgan fingerprint density at radius 1 is 0.977 bits per heavy atom. The first kappa shape index (κ1) is 28.7. The molecule has 0 bridgehead atoms. The maximum absolute atomic E-state index is 14.7. The molecule has 0 radical (unpaired) electrons. The van der Waals surface area contributed by atoms with Crippen molar-refractivity contribution in [3.63, 3.8) is 0 Å². The SMILES string of the molecule is COc1ccc2c(c1)[C@]1(O[C@@H](CCO)[C@H]([Si](C)(C)O)[C@H]1C)C(=O)N2Cc1cccc(N2C(=O)c3cccc4cccc2c34)c1. The average Bonchev–Trinajstić information content (AvgIpc) is 3.56. The van der Waals surface area contributed by atoms with Gasteiger partial charge < -0.3 is 24.3 Å². The number of aliphatic hydroxyl groups excluding tert-OH is 1. The van der Waals surface area contributed by atoms with Gasteiger partial charge in [-0.25, -0.2) is 0 Å². The van der Waals surface area contributed by atoms with Crippen LogP contribution in [0.5, 0.6) is 5.75 Å². The summed E-state index contributed by atoms with van der Waals surface area (Å²) >= 11 is 0. The Labute approximate surface area is 257 Å². The summed E-state index contributed by atoms with van der Waals surface area (Å²) < 4.78 is 12.3. The average molecular weight is 609 g/mol. The number of methoxy groups -OCH3 is 1. The summed E-state index contributed by atoms with van der Waals surface area (Å²) in [6.07, 6.45) is -0.125. The number of aliphatic hydroxyl groups is 1. The number of nitrogens with zero attached hydrogens (tertiary/aromatic N) is 2. The zero-order valence-corrected chi connectivity index (χ0v) is 26.3. The molecule has 8 nitrogen and oxygen atoms in total. The lowest BCUT2D eigenvalue weighted by atomic mass is 9.82. The molecule has 4 aromatic carbocycles. The lowest BCUT2D eigenvalue weighted by Crippen LogP contribution is -2.46. The Bertz CT molecular complexity index is 1810. The predicted molar refractivity (Wildman–Crippen MR) is 172 cm³/mol.